The van der Waals surface area contributed by atoms with Crippen molar-refractivity contribution in [2.45, 2.75) is 25.8 Å². The van der Waals surface area contributed by atoms with Gasteiger partial charge in [0.05, 0.1) is 12.6 Å². The number of hydrogen-bond donors (Lipinski definition) is 0. The molecule has 0 fully saturated rings. The van der Waals surface area contributed by atoms with Crippen LogP contribution in [0.15, 0.2) is 41.8 Å². The maximum absolute atomic E-state index is 13.2. The summed E-state index contributed by atoms with van der Waals surface area (Å²) < 4.78 is 5.07. The summed E-state index contributed by atoms with van der Waals surface area (Å²) in [6.45, 7) is 3.41. The summed E-state index contributed by atoms with van der Waals surface area (Å²) >= 11 is 1.75. The zero-order chi connectivity index (χ0) is 19.2. The molecule has 6 heteroatoms. The minimum absolute atomic E-state index is 0.00619. The third-order valence-electron chi connectivity index (χ3n) is 4.95. The lowest BCUT2D eigenvalue weighted by Gasteiger charge is -2.37. The van der Waals surface area contributed by atoms with Crippen molar-refractivity contribution in [1.29, 1.82) is 0 Å². The van der Waals surface area contributed by atoms with Crippen LogP contribution in [-0.4, -0.2) is 55.0 Å². The van der Waals surface area contributed by atoms with Gasteiger partial charge in [-0.3, -0.25) is 9.59 Å². The van der Waals surface area contributed by atoms with E-state index in [-0.39, 0.29) is 24.4 Å². The number of thiophene rings is 1. The number of ether oxygens (including phenoxy) is 1. The molecule has 1 aromatic carbocycles. The van der Waals surface area contributed by atoms with Gasteiger partial charge in [0.1, 0.15) is 0 Å². The molecule has 0 saturated heterocycles. The second kappa shape index (κ2) is 9.15. The van der Waals surface area contributed by atoms with E-state index in [4.69, 9.17) is 4.74 Å². The number of benzene rings is 1. The third-order valence-corrected chi connectivity index (χ3v) is 5.95. The van der Waals surface area contributed by atoms with Gasteiger partial charge in [-0.2, -0.15) is 0 Å². The fourth-order valence-electron chi connectivity index (χ4n) is 3.58. The van der Waals surface area contributed by atoms with Crippen LogP contribution in [0.4, 0.5) is 0 Å². The Labute approximate surface area is 164 Å². The van der Waals surface area contributed by atoms with E-state index in [9.17, 15) is 9.59 Å². The lowest BCUT2D eigenvalue weighted by molar-refractivity contribution is -0.140. The van der Waals surface area contributed by atoms with Gasteiger partial charge in [-0.1, -0.05) is 30.3 Å². The van der Waals surface area contributed by atoms with Crippen molar-refractivity contribution in [2.75, 3.05) is 33.4 Å². The van der Waals surface area contributed by atoms with Crippen LogP contribution < -0.4 is 0 Å². The van der Waals surface area contributed by atoms with Gasteiger partial charge in [-0.15, -0.1) is 11.3 Å². The van der Waals surface area contributed by atoms with E-state index in [0.29, 0.717) is 19.7 Å². The van der Waals surface area contributed by atoms with Gasteiger partial charge in [0.25, 0.3) is 0 Å². The van der Waals surface area contributed by atoms with Gasteiger partial charge in [-0.25, -0.2) is 0 Å². The minimum Gasteiger partial charge on any atom is -0.385 e. The summed E-state index contributed by atoms with van der Waals surface area (Å²) in [5, 5.41) is 2.10. The predicted molar refractivity (Wildman–Crippen MR) is 107 cm³/mol. The molecule has 5 nitrogen and oxygen atoms in total. The maximum Gasteiger partial charge on any atom is 0.242 e. The third kappa shape index (κ3) is 4.57. The molecule has 2 aromatic rings. The van der Waals surface area contributed by atoms with E-state index in [2.05, 4.69) is 23.6 Å². The number of hydrogen-bond acceptors (Lipinski definition) is 4. The van der Waals surface area contributed by atoms with Crippen LogP contribution in [0, 0.1) is 0 Å². The van der Waals surface area contributed by atoms with Crippen molar-refractivity contribution in [3.05, 3.63) is 57.8 Å². The molecule has 0 radical (unpaired) electrons. The van der Waals surface area contributed by atoms with Gasteiger partial charge >= 0.3 is 0 Å². The Bertz CT molecular complexity index is 775. The van der Waals surface area contributed by atoms with Crippen molar-refractivity contribution in [3.8, 4) is 0 Å². The van der Waals surface area contributed by atoms with Gasteiger partial charge < -0.3 is 14.5 Å². The normalized spacial score (nSPS) is 16.1. The predicted octanol–water partition coefficient (Wildman–Crippen LogP) is 3.11. The Morgan fingerprint density at radius 3 is 2.74 bits per heavy atom. The Morgan fingerprint density at radius 2 is 2.04 bits per heavy atom. The fraction of sp³-hybridized carbons (Fsp3) is 0.429. The van der Waals surface area contributed by atoms with E-state index in [0.717, 1.165) is 18.4 Å². The van der Waals surface area contributed by atoms with E-state index in [1.807, 2.05) is 23.1 Å². The number of rotatable bonds is 7. The van der Waals surface area contributed by atoms with Crippen LogP contribution in [0.1, 0.15) is 35.4 Å². The molecule has 144 valence electrons. The van der Waals surface area contributed by atoms with E-state index in [1.165, 1.54) is 17.4 Å². The molecule has 3 rings (SSSR count). The molecule has 1 aliphatic heterocycles. The molecule has 27 heavy (non-hydrogen) atoms. The smallest absolute Gasteiger partial charge is 0.242 e. The summed E-state index contributed by atoms with van der Waals surface area (Å²) in [4.78, 5) is 30.0. The molecule has 2 heterocycles. The second-order valence-corrected chi connectivity index (χ2v) is 7.74. The largest absolute Gasteiger partial charge is 0.385 e. The van der Waals surface area contributed by atoms with Crippen LogP contribution in [0.5, 0.6) is 0 Å². The summed E-state index contributed by atoms with van der Waals surface area (Å²) in [5.41, 5.74) is 2.32. The summed E-state index contributed by atoms with van der Waals surface area (Å²) in [5.74, 6) is -0.0859. The molecule has 0 aliphatic carbocycles. The Kier molecular flexibility index (Phi) is 6.63. The highest BCUT2D eigenvalue weighted by atomic mass is 32.1. The van der Waals surface area contributed by atoms with Gasteiger partial charge in [0.2, 0.25) is 11.8 Å². The van der Waals surface area contributed by atoms with Crippen molar-refractivity contribution >= 4 is 23.2 Å². The van der Waals surface area contributed by atoms with Crippen LogP contribution >= 0.6 is 11.3 Å². The van der Waals surface area contributed by atoms with Gasteiger partial charge in [0, 0.05) is 38.6 Å². The average molecular weight is 387 g/mol. The molecule has 0 spiro atoms. The van der Waals surface area contributed by atoms with E-state index < -0.39 is 0 Å². The average Bonchev–Trinajstić information content (AvgIpc) is 3.15. The van der Waals surface area contributed by atoms with E-state index >= 15 is 0 Å². The Balaban J connectivity index is 1.81. The molecule has 1 aliphatic rings. The SMILES string of the molecule is COCCCN(CC(=O)N1CCc2sccc2[C@@H]1c1ccccc1)C(C)=O. The summed E-state index contributed by atoms with van der Waals surface area (Å²) in [6, 6.07) is 12.2. The lowest BCUT2D eigenvalue weighted by Crippen LogP contribution is -2.46. The highest BCUT2D eigenvalue weighted by molar-refractivity contribution is 7.10. The number of methoxy groups -OCH3 is 1. The molecular weight excluding hydrogens is 360 g/mol. The monoisotopic (exact) mass is 386 g/mol. The van der Waals surface area contributed by atoms with E-state index in [1.54, 1.807) is 23.3 Å². The first-order valence-electron chi connectivity index (χ1n) is 9.27. The van der Waals surface area contributed by atoms with Gasteiger partial charge in [-0.05, 0) is 35.4 Å². The highest BCUT2D eigenvalue weighted by Gasteiger charge is 2.33. The molecule has 1 atom stereocenters. The quantitative estimate of drug-likeness (QED) is 0.687. The molecule has 2 amide bonds. The van der Waals surface area contributed by atoms with Gasteiger partial charge in [0.15, 0.2) is 0 Å². The fourth-order valence-corrected chi connectivity index (χ4v) is 4.49. The topological polar surface area (TPSA) is 49.9 Å². The highest BCUT2D eigenvalue weighted by Crippen LogP contribution is 2.37. The second-order valence-electron chi connectivity index (χ2n) is 6.74. The molecule has 0 N–H and O–H groups in total. The van der Waals surface area contributed by atoms with Crippen LogP contribution in [-0.2, 0) is 20.7 Å². The zero-order valence-electron chi connectivity index (χ0n) is 15.9. The number of carbonyl (C=O) groups excluding carboxylic acids is 2. The van der Waals surface area contributed by atoms with Crippen LogP contribution in [0.2, 0.25) is 0 Å². The first kappa shape index (κ1) is 19.6. The Morgan fingerprint density at radius 1 is 1.26 bits per heavy atom. The maximum atomic E-state index is 13.2. The minimum atomic E-state index is -0.0820. The number of amides is 2. The first-order chi connectivity index (χ1) is 13.1. The van der Waals surface area contributed by atoms with Crippen molar-refractivity contribution in [3.63, 3.8) is 0 Å². The number of nitrogens with zero attached hydrogens (tertiary/aromatic N) is 2. The van der Waals surface area contributed by atoms with Crippen LogP contribution in [0.3, 0.4) is 0 Å². The first-order valence-corrected chi connectivity index (χ1v) is 10.1. The summed E-state index contributed by atoms with van der Waals surface area (Å²) in [6.07, 6.45) is 1.59. The standard InChI is InChI=1S/C21H26N2O3S/c1-16(24)22(11-6-13-26-2)15-20(25)23-12-9-19-18(10-14-27-19)21(23)17-7-4-3-5-8-17/h3-5,7-8,10,14,21H,6,9,11-13,15H2,1-2H3/t21-/m0/s1. The van der Waals surface area contributed by atoms with Crippen molar-refractivity contribution in [2.24, 2.45) is 0 Å². The lowest BCUT2D eigenvalue weighted by atomic mass is 9.93. The number of carbonyl (C=O) groups is 2. The molecule has 0 unspecified atom stereocenters. The molecule has 0 saturated carbocycles. The number of fused-ring (bicyclic) bond motifs is 1. The molecular formula is C21H26N2O3S. The molecule has 0 bridgehead atoms. The summed E-state index contributed by atoms with van der Waals surface area (Å²) in [7, 11) is 1.64. The molecule has 1 aromatic heterocycles. The Hall–Kier alpha value is -2.18. The van der Waals surface area contributed by atoms with Crippen molar-refractivity contribution in [1.82, 2.24) is 9.80 Å². The van der Waals surface area contributed by atoms with Crippen LogP contribution in [0.25, 0.3) is 0 Å². The van der Waals surface area contributed by atoms with Crippen molar-refractivity contribution < 1.29 is 14.3 Å². The zero-order valence-corrected chi connectivity index (χ0v) is 16.7.